The average Bonchev–Trinajstić information content (AvgIpc) is 3.20. The monoisotopic (exact) mass is 793 g/mol. The molecule has 296 valence electrons. The largest absolute Gasteiger partial charge is 0.508 e. The zero-order chi connectivity index (χ0) is 41.9. The van der Waals surface area contributed by atoms with Crippen LogP contribution in [0.2, 0.25) is 0 Å². The fourth-order valence-corrected chi connectivity index (χ4v) is 7.89. The van der Waals surface area contributed by atoms with Gasteiger partial charge in [-0.15, -0.1) is 0 Å². The van der Waals surface area contributed by atoms with Crippen LogP contribution in [0.1, 0.15) is 77.4 Å². The van der Waals surface area contributed by atoms with Crippen molar-refractivity contribution < 1.29 is 48.8 Å². The molecule has 1 unspecified atom stereocenters. The van der Waals surface area contributed by atoms with Gasteiger partial charge in [0, 0.05) is 71.7 Å². The van der Waals surface area contributed by atoms with Gasteiger partial charge in [-0.1, -0.05) is 12.1 Å². The number of aromatic carboxylic acids is 3. The number of hydrogen-bond acceptors (Lipinski definition) is 10. The van der Waals surface area contributed by atoms with E-state index in [0.29, 0.717) is 52.8 Å². The number of anilines is 1. The van der Waals surface area contributed by atoms with Gasteiger partial charge in [0.1, 0.15) is 28.9 Å². The lowest BCUT2D eigenvalue weighted by Gasteiger charge is -2.35. The summed E-state index contributed by atoms with van der Waals surface area (Å²) in [5.41, 5.74) is 3.55. The summed E-state index contributed by atoms with van der Waals surface area (Å²) in [5.74, 6) is -4.35. The number of phenols is 1. The molecule has 0 aromatic heterocycles. The van der Waals surface area contributed by atoms with Crippen molar-refractivity contribution >= 4 is 51.8 Å². The molecule has 2 heterocycles. The van der Waals surface area contributed by atoms with Gasteiger partial charge in [-0.25, -0.2) is 14.4 Å². The number of nitrogens with one attached hydrogen (secondary N) is 2. The van der Waals surface area contributed by atoms with Gasteiger partial charge in [0.2, 0.25) is 0 Å². The second kappa shape index (κ2) is 14.6. The number of carbonyl (C=O) groups is 4. The molecule has 2 aliphatic carbocycles. The molecular formula is C45H35N3O11. The Morgan fingerprint density at radius 2 is 1.46 bits per heavy atom. The summed E-state index contributed by atoms with van der Waals surface area (Å²) in [6.45, 7) is -0.391. The quantitative estimate of drug-likeness (QED) is 0.0804. The van der Waals surface area contributed by atoms with Crippen molar-refractivity contribution in [3.63, 3.8) is 0 Å². The minimum absolute atomic E-state index is 0.000679. The predicted octanol–water partition coefficient (Wildman–Crippen LogP) is 7.13. The van der Waals surface area contributed by atoms with E-state index in [1.54, 1.807) is 6.07 Å². The van der Waals surface area contributed by atoms with Gasteiger partial charge in [0.15, 0.2) is 5.43 Å². The number of phenolic OH excluding ortho intramolecular Hbond substituents is 1. The molecule has 4 aromatic rings. The van der Waals surface area contributed by atoms with E-state index < -0.39 is 41.9 Å². The fourth-order valence-electron chi connectivity index (χ4n) is 7.89. The Morgan fingerprint density at radius 3 is 2.19 bits per heavy atom. The summed E-state index contributed by atoms with van der Waals surface area (Å²) in [6.07, 6.45) is 0.927. The van der Waals surface area contributed by atoms with E-state index in [1.165, 1.54) is 54.6 Å². The molecule has 4 aliphatic rings. The number of carbonyl (C=O) groups excluding carboxylic acids is 1. The van der Waals surface area contributed by atoms with Crippen molar-refractivity contribution in [1.82, 2.24) is 5.32 Å². The zero-order valence-electron chi connectivity index (χ0n) is 31.6. The molecule has 1 saturated carbocycles. The van der Waals surface area contributed by atoms with Gasteiger partial charge >= 0.3 is 17.9 Å². The summed E-state index contributed by atoms with van der Waals surface area (Å²) < 4.78 is 12.6. The molecule has 4 aromatic carbocycles. The van der Waals surface area contributed by atoms with Crippen molar-refractivity contribution in [2.24, 2.45) is 0 Å². The lowest BCUT2D eigenvalue weighted by atomic mass is 9.79. The highest BCUT2D eigenvalue weighted by Gasteiger charge is 2.35. The summed E-state index contributed by atoms with van der Waals surface area (Å²) >= 11 is 0. The van der Waals surface area contributed by atoms with Gasteiger partial charge in [-0.3, -0.25) is 9.59 Å². The van der Waals surface area contributed by atoms with Crippen molar-refractivity contribution in [2.45, 2.75) is 31.9 Å². The highest BCUT2D eigenvalue weighted by molar-refractivity contribution is 6.09. The Kier molecular flexibility index (Phi) is 9.47. The van der Waals surface area contributed by atoms with Gasteiger partial charge in [0.25, 0.3) is 5.91 Å². The Balaban J connectivity index is 1.18. The van der Waals surface area contributed by atoms with Crippen LogP contribution in [0.3, 0.4) is 0 Å². The number of aromatic hydroxyl groups is 1. The summed E-state index contributed by atoms with van der Waals surface area (Å²) in [7, 11) is 3.79. The molecule has 8 rings (SSSR count). The molecule has 59 heavy (non-hydrogen) atoms. The minimum Gasteiger partial charge on any atom is -0.508 e. The third-order valence-electron chi connectivity index (χ3n) is 10.8. The first kappa shape index (κ1) is 38.1. The molecule has 6 N–H and O–H groups in total. The maximum absolute atomic E-state index is 13.8. The number of amides is 1. The van der Waals surface area contributed by atoms with Crippen LogP contribution >= 0.6 is 0 Å². The normalized spacial score (nSPS) is 14.7. The standard InChI is InChI=1S/C45H35N3O11/c1-48(2)24-6-11-29-37(18-24)58-36-17-23(46)5-10-28(36)39(29)26-8-3-21(15-32(26)44(54)55)42(51)47-20-34-35(50)14-13-31-40(30-12-7-25(49)19-38(30)59-41(31)34)27-9-4-22(43(52)53)16-33(27)45(56)57/h3-4,6-9,11-16,18-19,36,46,49H,5,10,17,20H2,1-2H3,(H,47,51)(H,52,53)(H,54,55)(H,56,57). The van der Waals surface area contributed by atoms with E-state index in [0.717, 1.165) is 17.3 Å². The topological polar surface area (TPSA) is 228 Å². The van der Waals surface area contributed by atoms with Crippen LogP contribution in [0.15, 0.2) is 99.7 Å². The van der Waals surface area contributed by atoms with E-state index in [1.807, 2.05) is 37.2 Å². The number of fused-ring (bicyclic) bond motifs is 4. The highest BCUT2D eigenvalue weighted by Crippen LogP contribution is 2.47. The van der Waals surface area contributed by atoms with Gasteiger partial charge in [-0.05, 0) is 95.8 Å². The van der Waals surface area contributed by atoms with E-state index in [2.05, 4.69) is 5.32 Å². The maximum atomic E-state index is 13.8. The predicted molar refractivity (Wildman–Crippen MR) is 217 cm³/mol. The van der Waals surface area contributed by atoms with E-state index in [4.69, 9.17) is 14.6 Å². The van der Waals surface area contributed by atoms with Gasteiger partial charge in [-0.2, -0.15) is 0 Å². The molecule has 0 saturated heterocycles. The van der Waals surface area contributed by atoms with E-state index in [9.17, 15) is 44.4 Å². The highest BCUT2D eigenvalue weighted by atomic mass is 16.5. The second-order valence-electron chi connectivity index (χ2n) is 14.6. The maximum Gasteiger partial charge on any atom is 0.336 e. The molecule has 1 amide bonds. The second-order valence-corrected chi connectivity index (χ2v) is 14.6. The molecule has 14 nitrogen and oxygen atoms in total. The molecule has 1 atom stereocenters. The third kappa shape index (κ3) is 6.79. The number of carboxylic acids is 3. The molecule has 0 spiro atoms. The lowest BCUT2D eigenvalue weighted by Crippen LogP contribution is -2.32. The van der Waals surface area contributed by atoms with Gasteiger partial charge < -0.3 is 45.2 Å². The number of carboxylic acid groups (broad SMARTS) is 3. The van der Waals surface area contributed by atoms with E-state index in [-0.39, 0.29) is 61.6 Å². The smallest absolute Gasteiger partial charge is 0.336 e. The number of hydrogen-bond donors (Lipinski definition) is 6. The van der Waals surface area contributed by atoms with Crippen molar-refractivity contribution in [3.8, 4) is 33.9 Å². The Morgan fingerprint density at radius 1 is 0.780 bits per heavy atom. The molecular weight excluding hydrogens is 759 g/mol. The Labute approximate surface area is 335 Å². The van der Waals surface area contributed by atoms with Crippen molar-refractivity contribution in [2.75, 3.05) is 19.0 Å². The number of nitrogens with zero attached hydrogens (tertiary/aromatic N) is 1. The van der Waals surface area contributed by atoms with Crippen LogP contribution in [0.4, 0.5) is 5.69 Å². The van der Waals surface area contributed by atoms with Crippen molar-refractivity contribution in [3.05, 3.63) is 140 Å². The summed E-state index contributed by atoms with van der Waals surface area (Å²) in [4.78, 5) is 66.3. The molecule has 14 heteroatoms. The molecule has 1 fully saturated rings. The average molecular weight is 794 g/mol. The first-order valence-corrected chi connectivity index (χ1v) is 18.5. The van der Waals surface area contributed by atoms with Gasteiger partial charge in [0.05, 0.1) is 28.8 Å². The molecule has 0 bridgehead atoms. The fraction of sp³-hybridized carbons (Fsp3) is 0.156. The number of benzene rings is 5. The molecule has 0 radical (unpaired) electrons. The third-order valence-corrected chi connectivity index (χ3v) is 10.8. The van der Waals surface area contributed by atoms with Crippen molar-refractivity contribution in [1.29, 1.82) is 5.41 Å². The number of ether oxygens (including phenoxy) is 1. The minimum atomic E-state index is -1.40. The summed E-state index contributed by atoms with van der Waals surface area (Å²) in [6, 6.07) is 20.5. The van der Waals surface area contributed by atoms with Crippen LogP contribution in [0.5, 0.6) is 11.5 Å². The van der Waals surface area contributed by atoms with Crippen LogP contribution in [0, 0.1) is 5.41 Å². The van der Waals surface area contributed by atoms with Crippen LogP contribution in [0.25, 0.3) is 39.0 Å². The summed E-state index contributed by atoms with van der Waals surface area (Å²) in [5, 5.41) is 52.0. The van der Waals surface area contributed by atoms with Crippen LogP contribution in [-0.2, 0) is 6.54 Å². The van der Waals surface area contributed by atoms with E-state index >= 15 is 0 Å². The zero-order valence-corrected chi connectivity index (χ0v) is 31.6. The first-order chi connectivity index (χ1) is 28.2. The molecule has 2 aliphatic heterocycles. The number of rotatable bonds is 9. The van der Waals surface area contributed by atoms with Crippen LogP contribution in [-0.4, -0.2) is 70.2 Å². The Bertz CT molecular complexity index is 2890. The Hall–Kier alpha value is -7.74. The SMILES string of the molecule is CN(C)c1ccc2c(c1)OC1CC(=N)CCC1=C2c1ccc(C(=O)NCc2c3oc4cc(O)ccc4c(-c4ccc(C(=O)O)cc4C(=O)O)c-3ccc2=O)cc1C(=O)O. The first-order valence-electron chi connectivity index (χ1n) is 18.5. The van der Waals surface area contributed by atoms with Crippen LogP contribution < -0.4 is 20.4 Å². The lowest BCUT2D eigenvalue weighted by molar-refractivity contribution is 0.0682.